The van der Waals surface area contributed by atoms with Crippen LogP contribution in [0.3, 0.4) is 0 Å². The lowest BCUT2D eigenvalue weighted by Gasteiger charge is -2.61. The monoisotopic (exact) mass is 457 g/mol. The number of ketones is 1. The molecular formula is C25H31NO7. The molecule has 1 aromatic heterocycles. The second-order valence-corrected chi connectivity index (χ2v) is 10.8. The molecule has 4 fully saturated rings. The zero-order valence-electron chi connectivity index (χ0n) is 19.3. The van der Waals surface area contributed by atoms with Crippen molar-refractivity contribution in [1.29, 1.82) is 0 Å². The maximum absolute atomic E-state index is 13.9. The van der Waals surface area contributed by atoms with E-state index in [0.29, 0.717) is 19.3 Å². The third kappa shape index (κ3) is 3.58. The molecule has 0 unspecified atom stereocenters. The van der Waals surface area contributed by atoms with Gasteiger partial charge in [-0.15, -0.1) is 0 Å². The van der Waals surface area contributed by atoms with Crippen LogP contribution in [0.4, 0.5) is 0 Å². The quantitative estimate of drug-likeness (QED) is 0.692. The summed E-state index contributed by atoms with van der Waals surface area (Å²) < 4.78 is 16.4. The van der Waals surface area contributed by atoms with Crippen molar-refractivity contribution in [3.8, 4) is 0 Å². The summed E-state index contributed by atoms with van der Waals surface area (Å²) in [5, 5.41) is 3.10. The molecule has 1 aromatic rings. The van der Waals surface area contributed by atoms with E-state index in [0.717, 1.165) is 18.4 Å². The van der Waals surface area contributed by atoms with E-state index in [1.807, 2.05) is 13.8 Å². The molecule has 0 radical (unpaired) electrons. The molecule has 33 heavy (non-hydrogen) atoms. The van der Waals surface area contributed by atoms with Crippen LogP contribution in [0.1, 0.15) is 71.0 Å². The van der Waals surface area contributed by atoms with Crippen molar-refractivity contribution in [2.45, 2.75) is 77.5 Å². The summed E-state index contributed by atoms with van der Waals surface area (Å²) in [4.78, 5) is 52.2. The van der Waals surface area contributed by atoms with E-state index in [1.54, 1.807) is 12.3 Å². The van der Waals surface area contributed by atoms with Crippen molar-refractivity contribution in [3.05, 3.63) is 24.2 Å². The van der Waals surface area contributed by atoms with Gasteiger partial charge in [-0.3, -0.25) is 19.2 Å². The summed E-state index contributed by atoms with van der Waals surface area (Å²) >= 11 is 0. The molecule has 4 aliphatic rings. The smallest absolute Gasteiger partial charge is 0.310 e. The summed E-state index contributed by atoms with van der Waals surface area (Å²) in [7, 11) is 0. The summed E-state index contributed by atoms with van der Waals surface area (Å²) in [6.07, 6.45) is 5.23. The van der Waals surface area contributed by atoms with Gasteiger partial charge in [-0.1, -0.05) is 13.8 Å². The average molecular weight is 458 g/mol. The number of hydrogen-bond acceptors (Lipinski definition) is 7. The van der Waals surface area contributed by atoms with Crippen LogP contribution in [0.2, 0.25) is 0 Å². The van der Waals surface area contributed by atoms with Gasteiger partial charge in [0.1, 0.15) is 6.10 Å². The minimum Gasteiger partial charge on any atom is -0.472 e. The van der Waals surface area contributed by atoms with Gasteiger partial charge in [0.15, 0.2) is 11.9 Å². The standard InChI is InChI=1S/C25H31NO7/c1-13(27)32-18-10-17(22(29)26-15-4-5-15)24(2)8-6-16-23(30)33-19(14-7-9-31-12-14)11-25(16,3)21(24)20(18)28/h7,9,12,15-19,21H,4-6,8,10-11H2,1-3H3,(H,26,29)/t16-,17+,18+,19+,21+,24+,25+/m1/s1. The summed E-state index contributed by atoms with van der Waals surface area (Å²) in [6.45, 7) is 5.25. The summed E-state index contributed by atoms with van der Waals surface area (Å²) in [5.74, 6) is -2.68. The molecule has 8 nitrogen and oxygen atoms in total. The van der Waals surface area contributed by atoms with Gasteiger partial charge < -0.3 is 19.2 Å². The topological polar surface area (TPSA) is 112 Å². The molecule has 7 atom stereocenters. The Morgan fingerprint density at radius 1 is 1.15 bits per heavy atom. The molecule has 0 bridgehead atoms. The van der Waals surface area contributed by atoms with Gasteiger partial charge >= 0.3 is 11.9 Å². The normalized spacial score (nSPS) is 40.3. The van der Waals surface area contributed by atoms with Crippen LogP contribution in [-0.4, -0.2) is 35.8 Å². The number of Topliss-reactive ketones (excluding diaryl/α,β-unsaturated/α-hetero) is 1. The zero-order chi connectivity index (χ0) is 23.5. The largest absolute Gasteiger partial charge is 0.472 e. The Balaban J connectivity index is 1.55. The predicted molar refractivity (Wildman–Crippen MR) is 114 cm³/mol. The van der Waals surface area contributed by atoms with E-state index in [4.69, 9.17) is 13.9 Å². The minimum atomic E-state index is -0.989. The highest BCUT2D eigenvalue weighted by Crippen LogP contribution is 2.65. The maximum atomic E-state index is 13.9. The molecule has 5 rings (SSSR count). The lowest BCUT2D eigenvalue weighted by molar-refractivity contribution is -0.207. The number of carbonyl (C=O) groups is 4. The van der Waals surface area contributed by atoms with Crippen LogP contribution in [-0.2, 0) is 28.7 Å². The number of amides is 1. The third-order valence-electron chi connectivity index (χ3n) is 8.57. The van der Waals surface area contributed by atoms with Gasteiger partial charge in [0, 0.05) is 36.8 Å². The Morgan fingerprint density at radius 2 is 1.91 bits per heavy atom. The Hall–Kier alpha value is -2.64. The average Bonchev–Trinajstić information content (AvgIpc) is 3.36. The first kappa shape index (κ1) is 22.2. The van der Waals surface area contributed by atoms with Gasteiger partial charge in [-0.05, 0) is 49.0 Å². The fraction of sp³-hybridized carbons (Fsp3) is 0.680. The van der Waals surface area contributed by atoms with Crippen LogP contribution >= 0.6 is 0 Å². The van der Waals surface area contributed by atoms with E-state index in [1.165, 1.54) is 13.2 Å². The molecule has 0 spiro atoms. The van der Waals surface area contributed by atoms with Crippen molar-refractivity contribution in [2.75, 3.05) is 0 Å². The molecule has 0 aromatic carbocycles. The van der Waals surface area contributed by atoms with Crippen molar-refractivity contribution in [2.24, 2.45) is 28.6 Å². The molecular weight excluding hydrogens is 426 g/mol. The van der Waals surface area contributed by atoms with Gasteiger partial charge in [0.25, 0.3) is 0 Å². The Labute approximate surface area is 192 Å². The van der Waals surface area contributed by atoms with Gasteiger partial charge in [0.2, 0.25) is 5.91 Å². The fourth-order valence-corrected chi connectivity index (χ4v) is 6.89. The second-order valence-electron chi connectivity index (χ2n) is 10.8. The lowest BCUT2D eigenvalue weighted by Crippen LogP contribution is -2.65. The number of ether oxygens (including phenoxy) is 2. The first-order valence-electron chi connectivity index (χ1n) is 11.9. The zero-order valence-corrected chi connectivity index (χ0v) is 19.3. The maximum Gasteiger partial charge on any atom is 0.310 e. The molecule has 8 heteroatoms. The molecule has 3 aliphatic carbocycles. The SMILES string of the molecule is CC(=O)O[C@H]1C[C@@H](C(=O)NC2CC2)[C@]2(C)CC[C@@H]3C(=O)O[C@H](c4ccoc4)C[C@]3(C)[C@H]2C1=O. The van der Waals surface area contributed by atoms with E-state index in [2.05, 4.69) is 5.32 Å². The van der Waals surface area contributed by atoms with Crippen molar-refractivity contribution in [1.82, 2.24) is 5.32 Å². The number of nitrogens with one attached hydrogen (secondary N) is 1. The number of cyclic esters (lactones) is 1. The van der Waals surface area contributed by atoms with Crippen LogP contribution < -0.4 is 5.32 Å². The van der Waals surface area contributed by atoms with E-state index in [-0.39, 0.29) is 30.1 Å². The van der Waals surface area contributed by atoms with E-state index >= 15 is 0 Å². The third-order valence-corrected chi connectivity index (χ3v) is 8.57. The number of furan rings is 1. The highest BCUT2D eigenvalue weighted by Gasteiger charge is 2.67. The van der Waals surface area contributed by atoms with Crippen molar-refractivity contribution in [3.63, 3.8) is 0 Å². The Bertz CT molecular complexity index is 983. The minimum absolute atomic E-state index is 0.0820. The first-order valence-corrected chi connectivity index (χ1v) is 11.9. The lowest BCUT2D eigenvalue weighted by atomic mass is 9.43. The van der Waals surface area contributed by atoms with E-state index < -0.39 is 46.8 Å². The van der Waals surface area contributed by atoms with Gasteiger partial charge in [-0.25, -0.2) is 0 Å². The number of esters is 2. The number of fused-ring (bicyclic) bond motifs is 3. The predicted octanol–water partition coefficient (Wildman–Crippen LogP) is 3.11. The highest BCUT2D eigenvalue weighted by molar-refractivity contribution is 5.94. The van der Waals surface area contributed by atoms with Crippen LogP contribution in [0, 0.1) is 28.6 Å². The van der Waals surface area contributed by atoms with Crippen LogP contribution in [0.25, 0.3) is 0 Å². The molecule has 2 heterocycles. The number of hydrogen-bond donors (Lipinski definition) is 1. The molecule has 3 saturated carbocycles. The molecule has 1 saturated heterocycles. The van der Waals surface area contributed by atoms with Gasteiger partial charge in [0.05, 0.1) is 18.4 Å². The Kier molecular flexibility index (Phi) is 5.18. The summed E-state index contributed by atoms with van der Waals surface area (Å²) in [5.41, 5.74) is -0.632. The number of carbonyl (C=O) groups excluding carboxylic acids is 4. The highest BCUT2D eigenvalue weighted by atomic mass is 16.6. The van der Waals surface area contributed by atoms with Crippen molar-refractivity contribution < 1.29 is 33.1 Å². The Morgan fingerprint density at radius 3 is 2.55 bits per heavy atom. The van der Waals surface area contributed by atoms with Crippen molar-refractivity contribution >= 4 is 23.6 Å². The molecule has 1 amide bonds. The van der Waals surface area contributed by atoms with Crippen LogP contribution in [0.15, 0.2) is 23.0 Å². The number of rotatable bonds is 4. The van der Waals surface area contributed by atoms with Crippen LogP contribution in [0.5, 0.6) is 0 Å². The second kappa shape index (κ2) is 7.71. The van der Waals surface area contributed by atoms with Gasteiger partial charge in [-0.2, -0.15) is 0 Å². The molecule has 1 aliphatic heterocycles. The van der Waals surface area contributed by atoms with E-state index in [9.17, 15) is 19.2 Å². The summed E-state index contributed by atoms with van der Waals surface area (Å²) in [6, 6.07) is 1.95. The molecule has 178 valence electrons. The molecule has 1 N–H and O–H groups in total. The first-order chi connectivity index (χ1) is 15.6. The fourth-order valence-electron chi connectivity index (χ4n) is 6.89.